The zero-order valence-electron chi connectivity index (χ0n) is 49.0. The molecule has 0 N–H and O–H groups in total. The lowest BCUT2D eigenvalue weighted by atomic mass is 9.33. The topological polar surface area (TPSA) is 22.9 Å². The van der Waals surface area contributed by atoms with Crippen LogP contribution in [-0.4, -0.2) is 6.71 Å². The van der Waals surface area contributed by atoms with E-state index in [0.717, 1.165) is 67.2 Å². The maximum absolute atomic E-state index is 6.52. The second kappa shape index (κ2) is 19.7. The van der Waals surface area contributed by atoms with Gasteiger partial charge < -0.3 is 19.1 Å². The van der Waals surface area contributed by atoms with Gasteiger partial charge >= 0.3 is 0 Å². The summed E-state index contributed by atoms with van der Waals surface area (Å²) >= 11 is 0. The van der Waals surface area contributed by atoms with Crippen molar-refractivity contribution in [3.8, 4) is 33.4 Å². The highest BCUT2D eigenvalue weighted by molar-refractivity contribution is 7.00. The summed E-state index contributed by atoms with van der Waals surface area (Å²) in [6.45, 7) is 20.7. The minimum atomic E-state index is -0.215. The number of rotatable bonds is 8. The molecule has 14 rings (SSSR count). The average Bonchev–Trinajstić information content (AvgIpc) is 1.44. The Morgan fingerprint density at radius 2 is 0.795 bits per heavy atom. The van der Waals surface area contributed by atoms with E-state index in [1.807, 2.05) is 0 Å². The van der Waals surface area contributed by atoms with Gasteiger partial charge in [0.1, 0.15) is 11.2 Å². The van der Waals surface area contributed by atoms with Crippen molar-refractivity contribution in [1.29, 1.82) is 0 Å². The first-order valence-corrected chi connectivity index (χ1v) is 29.3. The number of hydrogen-bond acceptors (Lipinski definition) is 4. The summed E-state index contributed by atoms with van der Waals surface area (Å²) in [5, 5.41) is 2.24. The van der Waals surface area contributed by atoms with Gasteiger partial charge in [-0.25, -0.2) is 0 Å². The molecule has 0 unspecified atom stereocenters. The molecule has 0 saturated carbocycles. The van der Waals surface area contributed by atoms with Crippen LogP contribution in [0.2, 0.25) is 0 Å². The molecule has 5 heteroatoms. The Bertz CT molecular complexity index is 4390. The van der Waals surface area contributed by atoms with Crippen LogP contribution in [0.3, 0.4) is 0 Å². The number of para-hydroxylation sites is 1. The van der Waals surface area contributed by atoms with Crippen molar-refractivity contribution in [3.63, 3.8) is 0 Å². The van der Waals surface area contributed by atoms with E-state index in [9.17, 15) is 0 Å². The lowest BCUT2D eigenvalue weighted by molar-refractivity contribution is 0.590. The predicted octanol–water partition coefficient (Wildman–Crippen LogP) is 20.0. The van der Waals surface area contributed by atoms with Crippen LogP contribution in [0.15, 0.2) is 253 Å². The molecule has 0 saturated heterocycles. The quantitative estimate of drug-likeness (QED) is 0.141. The van der Waals surface area contributed by atoms with Gasteiger partial charge in [0.15, 0.2) is 0 Å². The van der Waals surface area contributed by atoms with Crippen molar-refractivity contribution in [1.82, 2.24) is 0 Å². The molecule has 4 nitrogen and oxygen atoms in total. The monoisotopic (exact) mass is 1070 g/mol. The van der Waals surface area contributed by atoms with Crippen molar-refractivity contribution in [3.05, 3.63) is 265 Å². The van der Waals surface area contributed by atoms with Crippen LogP contribution < -0.4 is 31.1 Å². The summed E-state index contributed by atoms with van der Waals surface area (Å²) in [6, 6.07) is 92.8. The summed E-state index contributed by atoms with van der Waals surface area (Å²) in [7, 11) is 0. The van der Waals surface area contributed by atoms with E-state index in [1.54, 1.807) is 0 Å². The van der Waals surface area contributed by atoms with E-state index in [2.05, 4.69) is 326 Å². The Kier molecular flexibility index (Phi) is 12.3. The Balaban J connectivity index is 1.06. The van der Waals surface area contributed by atoms with E-state index in [0.29, 0.717) is 0 Å². The van der Waals surface area contributed by atoms with Gasteiger partial charge in [0, 0.05) is 62.0 Å². The standard InChI is InChI=1S/C78H68BN3O/c1-76(2,3)56-34-38-59(39-35-56)80(60-40-36-57(37-41-60)77(4,5)6)63-42-44-67-69(50-63)82(62-28-19-26-55(46-62)64-30-20-32-73-74(64)65-29-16-17-31-72(65)83-73)71-49-58(78(7,8)9)48-70-75(71)79(67)66-43-33-54(52-23-14-11-15-24-52)47-68(66)81(70)61-27-18-25-53(45-61)51-21-12-10-13-22-51/h10-50H,1-9H3. The summed E-state index contributed by atoms with van der Waals surface area (Å²) in [6.07, 6.45) is 0. The SMILES string of the molecule is CC(C)(C)c1ccc(N(c2ccc(C(C)(C)C)cc2)c2ccc3c(c2)N(c2cccc(-c4cccc5oc6ccccc6c45)c2)c2cc(C(C)(C)C)cc4c2B3c2ccc(-c3ccccc3)cc2N4c2cccc(-c3ccccc3)c2)cc1. The molecule has 0 spiro atoms. The van der Waals surface area contributed by atoms with Crippen molar-refractivity contribution in [2.45, 2.75) is 78.6 Å². The van der Waals surface area contributed by atoms with Crippen molar-refractivity contribution in [2.24, 2.45) is 0 Å². The number of nitrogens with zero attached hydrogens (tertiary/aromatic N) is 3. The van der Waals surface area contributed by atoms with Crippen molar-refractivity contribution in [2.75, 3.05) is 14.7 Å². The van der Waals surface area contributed by atoms with Gasteiger partial charge in [-0.2, -0.15) is 0 Å². The fourth-order valence-corrected chi connectivity index (χ4v) is 12.9. The lowest BCUT2D eigenvalue weighted by Crippen LogP contribution is -2.61. The highest BCUT2D eigenvalue weighted by atomic mass is 16.3. The molecule has 404 valence electrons. The summed E-state index contributed by atoms with van der Waals surface area (Å²) in [5.41, 5.74) is 26.4. The third-order valence-electron chi connectivity index (χ3n) is 17.3. The van der Waals surface area contributed by atoms with E-state index in [1.165, 1.54) is 72.4 Å². The van der Waals surface area contributed by atoms with E-state index >= 15 is 0 Å². The van der Waals surface area contributed by atoms with Crippen LogP contribution in [0.25, 0.3) is 55.3 Å². The summed E-state index contributed by atoms with van der Waals surface area (Å²) in [4.78, 5) is 7.61. The van der Waals surface area contributed by atoms with Gasteiger partial charge in [-0.15, -0.1) is 0 Å². The van der Waals surface area contributed by atoms with Gasteiger partial charge in [0.05, 0.1) is 0 Å². The van der Waals surface area contributed by atoms with Gasteiger partial charge in [-0.05, 0) is 174 Å². The van der Waals surface area contributed by atoms with E-state index in [-0.39, 0.29) is 23.0 Å². The number of benzene rings is 11. The molecule has 3 heterocycles. The molecule has 0 radical (unpaired) electrons. The molecule has 0 bridgehead atoms. The number of furan rings is 1. The minimum Gasteiger partial charge on any atom is -0.456 e. The number of fused-ring (bicyclic) bond motifs is 7. The second-order valence-corrected chi connectivity index (χ2v) is 25.8. The molecule has 0 aliphatic carbocycles. The predicted molar refractivity (Wildman–Crippen MR) is 355 cm³/mol. The fraction of sp³-hybridized carbons (Fsp3) is 0.154. The first-order chi connectivity index (χ1) is 40.0. The van der Waals surface area contributed by atoms with Crippen LogP contribution >= 0.6 is 0 Å². The number of anilines is 9. The molecule has 0 fully saturated rings. The minimum absolute atomic E-state index is 0.00534. The van der Waals surface area contributed by atoms with Crippen LogP contribution in [0.1, 0.15) is 79.0 Å². The van der Waals surface area contributed by atoms with E-state index < -0.39 is 0 Å². The fourth-order valence-electron chi connectivity index (χ4n) is 12.9. The van der Waals surface area contributed by atoms with Gasteiger partial charge in [0.2, 0.25) is 0 Å². The van der Waals surface area contributed by atoms with Crippen molar-refractivity contribution >= 4 is 96.2 Å². The molecule has 0 amide bonds. The third kappa shape index (κ3) is 9.11. The molecule has 2 aliphatic heterocycles. The normalized spacial score (nSPS) is 13.0. The van der Waals surface area contributed by atoms with E-state index in [4.69, 9.17) is 4.42 Å². The highest BCUT2D eigenvalue weighted by Gasteiger charge is 2.45. The third-order valence-corrected chi connectivity index (χ3v) is 17.3. The van der Waals surface area contributed by atoms with Crippen LogP contribution in [0.5, 0.6) is 0 Å². The summed E-state index contributed by atoms with van der Waals surface area (Å²) < 4.78 is 6.52. The largest absolute Gasteiger partial charge is 0.456 e. The molecule has 83 heavy (non-hydrogen) atoms. The van der Waals surface area contributed by atoms with Crippen LogP contribution in [0.4, 0.5) is 51.2 Å². The molecule has 2 aliphatic rings. The first-order valence-electron chi connectivity index (χ1n) is 29.3. The molecule has 11 aromatic carbocycles. The number of hydrogen-bond donors (Lipinski definition) is 0. The molecule has 12 aromatic rings. The van der Waals surface area contributed by atoms with Gasteiger partial charge in [-0.1, -0.05) is 220 Å². The second-order valence-electron chi connectivity index (χ2n) is 25.8. The Hall–Kier alpha value is -9.32. The first kappa shape index (κ1) is 51.8. The Morgan fingerprint density at radius 3 is 1.37 bits per heavy atom. The Labute approximate surface area is 490 Å². The molecular formula is C78H68BN3O. The zero-order chi connectivity index (χ0) is 56.9. The maximum atomic E-state index is 6.52. The zero-order valence-corrected chi connectivity index (χ0v) is 49.0. The van der Waals surface area contributed by atoms with Crippen molar-refractivity contribution < 1.29 is 4.42 Å². The van der Waals surface area contributed by atoms with Crippen LogP contribution in [0, 0.1) is 0 Å². The molecule has 1 aromatic heterocycles. The highest BCUT2D eigenvalue weighted by Crippen LogP contribution is 2.50. The lowest BCUT2D eigenvalue weighted by Gasteiger charge is -2.45. The van der Waals surface area contributed by atoms with Gasteiger partial charge in [-0.3, -0.25) is 0 Å². The smallest absolute Gasteiger partial charge is 0.252 e. The maximum Gasteiger partial charge on any atom is 0.252 e. The van der Waals surface area contributed by atoms with Crippen LogP contribution in [-0.2, 0) is 16.2 Å². The summed E-state index contributed by atoms with van der Waals surface area (Å²) in [5.74, 6) is 0. The molecular weight excluding hydrogens is 1010 g/mol. The molecule has 0 atom stereocenters. The average molecular weight is 1070 g/mol. The Morgan fingerprint density at radius 1 is 0.337 bits per heavy atom. The van der Waals surface area contributed by atoms with Gasteiger partial charge in [0.25, 0.3) is 6.71 Å².